The summed E-state index contributed by atoms with van der Waals surface area (Å²) in [7, 11) is 1.56. The maximum absolute atomic E-state index is 13.3. The number of thioether (sulfide) groups is 1. The van der Waals surface area contributed by atoms with Gasteiger partial charge in [0.2, 0.25) is 5.91 Å². The van der Waals surface area contributed by atoms with Crippen LogP contribution in [-0.4, -0.2) is 25.3 Å². The second-order valence-electron chi connectivity index (χ2n) is 4.92. The fourth-order valence-corrected chi connectivity index (χ4v) is 3.18. The number of nitrogens with zero attached hydrogens (tertiary/aromatic N) is 1. The largest absolute Gasteiger partial charge is 0.496 e. The Morgan fingerprint density at radius 1 is 1.22 bits per heavy atom. The van der Waals surface area contributed by atoms with E-state index >= 15 is 0 Å². The van der Waals surface area contributed by atoms with Gasteiger partial charge in [-0.25, -0.2) is 4.39 Å². The molecule has 0 aliphatic heterocycles. The first kappa shape index (κ1) is 17.3. The lowest BCUT2D eigenvalue weighted by Crippen LogP contribution is -2.32. The number of anilines is 1. The van der Waals surface area contributed by atoms with Gasteiger partial charge in [0.1, 0.15) is 11.6 Å². The van der Waals surface area contributed by atoms with E-state index in [0.29, 0.717) is 23.8 Å². The number of rotatable bonds is 7. The number of methoxy groups -OCH3 is 1. The molecule has 0 aliphatic carbocycles. The van der Waals surface area contributed by atoms with E-state index in [1.165, 1.54) is 23.9 Å². The highest BCUT2D eigenvalue weighted by molar-refractivity contribution is 7.99. The zero-order valence-electron chi connectivity index (χ0n) is 13.3. The summed E-state index contributed by atoms with van der Waals surface area (Å²) in [4.78, 5) is 14.1. The van der Waals surface area contributed by atoms with Gasteiger partial charge in [0.25, 0.3) is 0 Å². The zero-order chi connectivity index (χ0) is 16.7. The third-order valence-electron chi connectivity index (χ3n) is 3.41. The molecule has 2 aromatic carbocycles. The first-order chi connectivity index (χ1) is 11.2. The van der Waals surface area contributed by atoms with Gasteiger partial charge in [0, 0.05) is 23.5 Å². The molecule has 23 heavy (non-hydrogen) atoms. The molecule has 0 saturated carbocycles. The summed E-state index contributed by atoms with van der Waals surface area (Å²) >= 11 is 1.45. The number of benzene rings is 2. The van der Waals surface area contributed by atoms with Crippen LogP contribution in [0.5, 0.6) is 5.75 Å². The Bertz CT molecular complexity index is 649. The number of hydrogen-bond donors (Lipinski definition) is 0. The number of amides is 1. The number of carbonyl (C=O) groups excluding carboxylic acids is 1. The van der Waals surface area contributed by atoms with Crippen molar-refractivity contribution in [2.75, 3.05) is 24.3 Å². The Balaban J connectivity index is 1.95. The maximum Gasteiger partial charge on any atom is 0.236 e. The predicted octanol–water partition coefficient (Wildman–Crippen LogP) is 4.12. The van der Waals surface area contributed by atoms with Gasteiger partial charge in [-0.3, -0.25) is 4.79 Å². The van der Waals surface area contributed by atoms with Gasteiger partial charge in [0.15, 0.2) is 0 Å². The molecular formula is C18H20FNO2S. The smallest absolute Gasteiger partial charge is 0.236 e. The van der Waals surface area contributed by atoms with E-state index in [1.807, 2.05) is 37.3 Å². The summed E-state index contributed by atoms with van der Waals surface area (Å²) in [5.74, 6) is 1.24. The van der Waals surface area contributed by atoms with E-state index in [1.54, 1.807) is 18.1 Å². The van der Waals surface area contributed by atoms with Crippen LogP contribution >= 0.6 is 11.8 Å². The summed E-state index contributed by atoms with van der Waals surface area (Å²) in [6.07, 6.45) is 0. The Kier molecular flexibility index (Phi) is 6.47. The van der Waals surface area contributed by atoms with Gasteiger partial charge in [-0.15, -0.1) is 11.8 Å². The van der Waals surface area contributed by atoms with E-state index in [4.69, 9.17) is 4.74 Å². The summed E-state index contributed by atoms with van der Waals surface area (Å²) in [6.45, 7) is 2.57. The fraction of sp³-hybridized carbons (Fsp3) is 0.278. The van der Waals surface area contributed by atoms with E-state index < -0.39 is 0 Å². The van der Waals surface area contributed by atoms with E-state index in [0.717, 1.165) is 11.3 Å². The molecule has 0 aromatic heterocycles. The first-order valence-electron chi connectivity index (χ1n) is 7.41. The van der Waals surface area contributed by atoms with Crippen molar-refractivity contribution in [1.29, 1.82) is 0 Å². The van der Waals surface area contributed by atoms with E-state index in [-0.39, 0.29) is 11.7 Å². The number of ether oxygens (including phenoxy) is 1. The Hall–Kier alpha value is -2.01. The van der Waals surface area contributed by atoms with Crippen LogP contribution in [0.3, 0.4) is 0 Å². The van der Waals surface area contributed by atoms with Crippen molar-refractivity contribution < 1.29 is 13.9 Å². The van der Waals surface area contributed by atoms with Crippen LogP contribution in [0.2, 0.25) is 0 Å². The van der Waals surface area contributed by atoms with E-state index in [2.05, 4.69) is 0 Å². The van der Waals surface area contributed by atoms with Gasteiger partial charge in [-0.2, -0.15) is 0 Å². The lowest BCUT2D eigenvalue weighted by molar-refractivity contribution is -0.116. The fourth-order valence-electron chi connectivity index (χ4n) is 2.30. The molecule has 0 radical (unpaired) electrons. The third-order valence-corrected chi connectivity index (χ3v) is 4.38. The average Bonchev–Trinajstić information content (AvgIpc) is 2.57. The van der Waals surface area contributed by atoms with Crippen molar-refractivity contribution in [3.05, 3.63) is 59.9 Å². The molecule has 0 aliphatic rings. The van der Waals surface area contributed by atoms with Crippen molar-refractivity contribution >= 4 is 23.4 Å². The van der Waals surface area contributed by atoms with Crippen LogP contribution < -0.4 is 9.64 Å². The van der Waals surface area contributed by atoms with Crippen LogP contribution in [0.15, 0.2) is 48.5 Å². The molecule has 5 heteroatoms. The van der Waals surface area contributed by atoms with Gasteiger partial charge < -0.3 is 9.64 Å². The highest BCUT2D eigenvalue weighted by Crippen LogP contribution is 2.24. The molecule has 122 valence electrons. The van der Waals surface area contributed by atoms with Crippen molar-refractivity contribution in [1.82, 2.24) is 0 Å². The molecule has 1 amide bonds. The van der Waals surface area contributed by atoms with Crippen LogP contribution in [0, 0.1) is 5.82 Å². The van der Waals surface area contributed by atoms with Crippen LogP contribution in [0.1, 0.15) is 12.5 Å². The quantitative estimate of drug-likeness (QED) is 0.763. The molecule has 0 bridgehead atoms. The molecule has 0 fully saturated rings. The minimum Gasteiger partial charge on any atom is -0.496 e. The molecule has 2 rings (SSSR count). The van der Waals surface area contributed by atoms with Gasteiger partial charge in [-0.1, -0.05) is 18.2 Å². The Morgan fingerprint density at radius 2 is 1.96 bits per heavy atom. The van der Waals surface area contributed by atoms with Crippen LogP contribution in [-0.2, 0) is 10.5 Å². The standard InChI is InChI=1S/C18H20FNO2S/c1-3-20(16-7-5-4-6-8-16)18(21)13-23-12-14-11-15(19)9-10-17(14)22-2/h4-11H,3,12-13H2,1-2H3. The van der Waals surface area contributed by atoms with E-state index in [9.17, 15) is 9.18 Å². The van der Waals surface area contributed by atoms with Crippen LogP contribution in [0.4, 0.5) is 10.1 Å². The highest BCUT2D eigenvalue weighted by atomic mass is 32.2. The SMILES string of the molecule is CCN(C(=O)CSCc1cc(F)ccc1OC)c1ccccc1. The second kappa shape index (κ2) is 8.58. The zero-order valence-corrected chi connectivity index (χ0v) is 14.1. The Morgan fingerprint density at radius 3 is 2.61 bits per heavy atom. The number of carbonyl (C=O) groups is 1. The normalized spacial score (nSPS) is 10.4. The molecule has 2 aromatic rings. The van der Waals surface area contributed by atoms with Crippen LogP contribution in [0.25, 0.3) is 0 Å². The number of hydrogen-bond acceptors (Lipinski definition) is 3. The summed E-state index contributed by atoms with van der Waals surface area (Å²) < 4.78 is 18.6. The molecule has 3 nitrogen and oxygen atoms in total. The van der Waals surface area contributed by atoms with Crippen molar-refractivity contribution in [3.8, 4) is 5.75 Å². The summed E-state index contributed by atoms with van der Waals surface area (Å²) in [5, 5.41) is 0. The summed E-state index contributed by atoms with van der Waals surface area (Å²) in [5.41, 5.74) is 1.65. The summed E-state index contributed by atoms with van der Waals surface area (Å²) in [6, 6.07) is 14.0. The highest BCUT2D eigenvalue weighted by Gasteiger charge is 2.14. The van der Waals surface area contributed by atoms with Gasteiger partial charge in [-0.05, 0) is 37.3 Å². The molecule has 0 heterocycles. The molecule has 0 spiro atoms. The minimum absolute atomic E-state index is 0.0408. The molecule has 0 N–H and O–H groups in total. The predicted molar refractivity (Wildman–Crippen MR) is 93.6 cm³/mol. The van der Waals surface area contributed by atoms with Gasteiger partial charge in [0.05, 0.1) is 12.9 Å². The molecule has 0 unspecified atom stereocenters. The number of halogens is 1. The Labute approximate surface area is 140 Å². The monoisotopic (exact) mass is 333 g/mol. The van der Waals surface area contributed by atoms with Crippen molar-refractivity contribution in [2.24, 2.45) is 0 Å². The first-order valence-corrected chi connectivity index (χ1v) is 8.56. The molecular weight excluding hydrogens is 313 g/mol. The maximum atomic E-state index is 13.3. The topological polar surface area (TPSA) is 29.5 Å². The number of para-hydroxylation sites is 1. The molecule has 0 saturated heterocycles. The van der Waals surface area contributed by atoms with Crippen molar-refractivity contribution in [2.45, 2.75) is 12.7 Å². The van der Waals surface area contributed by atoms with Crippen molar-refractivity contribution in [3.63, 3.8) is 0 Å². The third kappa shape index (κ3) is 4.73. The minimum atomic E-state index is -0.299. The lowest BCUT2D eigenvalue weighted by Gasteiger charge is -2.20. The molecule has 0 atom stereocenters. The lowest BCUT2D eigenvalue weighted by atomic mass is 10.2. The average molecular weight is 333 g/mol. The second-order valence-corrected chi connectivity index (χ2v) is 5.91. The van der Waals surface area contributed by atoms with Gasteiger partial charge >= 0.3 is 0 Å².